The van der Waals surface area contributed by atoms with Crippen molar-refractivity contribution in [1.29, 1.82) is 0 Å². The lowest BCUT2D eigenvalue weighted by Crippen LogP contribution is -2.21. The SMILES string of the molecule is COC[C@H](Nc1nc(N)nc(C)c1C)c1ccnn1C. The Labute approximate surface area is 118 Å². The Morgan fingerprint density at radius 2 is 2.15 bits per heavy atom. The Kier molecular flexibility index (Phi) is 4.19. The van der Waals surface area contributed by atoms with Gasteiger partial charge in [0.2, 0.25) is 5.95 Å². The standard InChI is InChI=1S/C13H20N6O/c1-8-9(2)16-13(14)18-12(8)17-10(7-20-4)11-5-6-15-19(11)3/h5-6,10H,7H2,1-4H3,(H3,14,16,17,18)/t10-/m0/s1. The van der Waals surface area contributed by atoms with Crippen molar-refractivity contribution in [3.8, 4) is 0 Å². The first-order valence-corrected chi connectivity index (χ1v) is 6.37. The third kappa shape index (κ3) is 2.88. The molecule has 2 heterocycles. The van der Waals surface area contributed by atoms with Gasteiger partial charge in [-0.3, -0.25) is 4.68 Å². The summed E-state index contributed by atoms with van der Waals surface area (Å²) in [4.78, 5) is 8.41. The topological polar surface area (TPSA) is 90.9 Å². The average molecular weight is 276 g/mol. The van der Waals surface area contributed by atoms with Crippen LogP contribution >= 0.6 is 0 Å². The van der Waals surface area contributed by atoms with E-state index in [4.69, 9.17) is 10.5 Å². The molecule has 0 unspecified atom stereocenters. The summed E-state index contributed by atoms with van der Waals surface area (Å²) < 4.78 is 7.09. The monoisotopic (exact) mass is 276 g/mol. The highest BCUT2D eigenvalue weighted by Gasteiger charge is 2.17. The quantitative estimate of drug-likeness (QED) is 0.853. The van der Waals surface area contributed by atoms with E-state index in [9.17, 15) is 0 Å². The molecule has 2 rings (SSSR count). The van der Waals surface area contributed by atoms with Gasteiger partial charge in [0.25, 0.3) is 0 Å². The summed E-state index contributed by atoms with van der Waals surface area (Å²) in [7, 11) is 3.56. The van der Waals surface area contributed by atoms with Crippen LogP contribution in [-0.2, 0) is 11.8 Å². The molecule has 0 saturated carbocycles. The van der Waals surface area contributed by atoms with E-state index in [0.717, 1.165) is 22.8 Å². The molecule has 0 aliphatic rings. The Bertz CT molecular complexity index is 595. The zero-order valence-electron chi connectivity index (χ0n) is 12.2. The lowest BCUT2D eigenvalue weighted by molar-refractivity contribution is 0.184. The molecule has 2 aromatic rings. The molecule has 0 spiro atoms. The molecule has 0 fully saturated rings. The number of anilines is 2. The summed E-state index contributed by atoms with van der Waals surface area (Å²) in [6.45, 7) is 4.38. The van der Waals surface area contributed by atoms with E-state index in [0.29, 0.717) is 6.61 Å². The summed E-state index contributed by atoms with van der Waals surface area (Å²) in [5.74, 6) is 0.982. The van der Waals surface area contributed by atoms with Gasteiger partial charge in [0.1, 0.15) is 5.82 Å². The van der Waals surface area contributed by atoms with Gasteiger partial charge >= 0.3 is 0 Å². The second-order valence-electron chi connectivity index (χ2n) is 4.67. The van der Waals surface area contributed by atoms with Crippen LogP contribution in [0.15, 0.2) is 12.3 Å². The zero-order valence-corrected chi connectivity index (χ0v) is 12.2. The number of hydrogen-bond acceptors (Lipinski definition) is 6. The van der Waals surface area contributed by atoms with Gasteiger partial charge in [0.15, 0.2) is 0 Å². The molecule has 0 radical (unpaired) electrons. The normalized spacial score (nSPS) is 12.4. The second-order valence-corrected chi connectivity index (χ2v) is 4.67. The Balaban J connectivity index is 2.32. The number of aryl methyl sites for hydroxylation is 2. The highest BCUT2D eigenvalue weighted by molar-refractivity contribution is 5.49. The van der Waals surface area contributed by atoms with E-state index >= 15 is 0 Å². The number of ether oxygens (including phenoxy) is 1. The van der Waals surface area contributed by atoms with Crippen LogP contribution in [0.2, 0.25) is 0 Å². The van der Waals surface area contributed by atoms with Crippen molar-refractivity contribution in [2.24, 2.45) is 7.05 Å². The first-order chi connectivity index (χ1) is 9.52. The maximum absolute atomic E-state index is 5.72. The lowest BCUT2D eigenvalue weighted by Gasteiger charge is -2.20. The Hall–Kier alpha value is -2.15. The maximum Gasteiger partial charge on any atom is 0.222 e. The van der Waals surface area contributed by atoms with Crippen molar-refractivity contribution < 1.29 is 4.74 Å². The van der Waals surface area contributed by atoms with Crippen LogP contribution < -0.4 is 11.1 Å². The van der Waals surface area contributed by atoms with E-state index in [1.807, 2.05) is 31.6 Å². The highest BCUT2D eigenvalue weighted by atomic mass is 16.5. The number of aromatic nitrogens is 4. The van der Waals surface area contributed by atoms with E-state index in [1.54, 1.807) is 13.3 Å². The van der Waals surface area contributed by atoms with E-state index in [2.05, 4.69) is 20.4 Å². The molecule has 0 aliphatic carbocycles. The van der Waals surface area contributed by atoms with Crippen LogP contribution in [0.1, 0.15) is 23.0 Å². The molecule has 0 aliphatic heterocycles. The average Bonchev–Trinajstić information content (AvgIpc) is 2.81. The van der Waals surface area contributed by atoms with Gasteiger partial charge in [-0.1, -0.05) is 0 Å². The Morgan fingerprint density at radius 3 is 2.75 bits per heavy atom. The zero-order chi connectivity index (χ0) is 14.7. The second kappa shape index (κ2) is 5.87. The van der Waals surface area contributed by atoms with Crippen molar-refractivity contribution in [2.45, 2.75) is 19.9 Å². The number of nitrogens with zero attached hydrogens (tertiary/aromatic N) is 4. The third-order valence-electron chi connectivity index (χ3n) is 3.27. The van der Waals surface area contributed by atoms with Crippen LogP contribution in [0.25, 0.3) is 0 Å². The first-order valence-electron chi connectivity index (χ1n) is 6.37. The molecule has 20 heavy (non-hydrogen) atoms. The molecule has 7 heteroatoms. The molecule has 0 saturated heterocycles. The van der Waals surface area contributed by atoms with Crippen LogP contribution in [0.3, 0.4) is 0 Å². The molecule has 108 valence electrons. The number of methoxy groups -OCH3 is 1. The Morgan fingerprint density at radius 1 is 1.40 bits per heavy atom. The number of rotatable bonds is 5. The van der Waals surface area contributed by atoms with Gasteiger partial charge < -0.3 is 15.8 Å². The van der Waals surface area contributed by atoms with Crippen LogP contribution in [0.4, 0.5) is 11.8 Å². The van der Waals surface area contributed by atoms with Crippen LogP contribution in [0.5, 0.6) is 0 Å². The van der Waals surface area contributed by atoms with Crippen molar-refractivity contribution >= 4 is 11.8 Å². The predicted octanol–water partition coefficient (Wildman–Crippen LogP) is 1.21. The predicted molar refractivity (Wildman–Crippen MR) is 77.4 cm³/mol. The molecule has 0 amide bonds. The maximum atomic E-state index is 5.72. The van der Waals surface area contributed by atoms with E-state index in [-0.39, 0.29) is 12.0 Å². The summed E-state index contributed by atoms with van der Waals surface area (Å²) in [6.07, 6.45) is 1.76. The van der Waals surface area contributed by atoms with Crippen LogP contribution in [0, 0.1) is 13.8 Å². The number of nitrogens with two attached hydrogens (primary N) is 1. The minimum absolute atomic E-state index is 0.0556. The van der Waals surface area contributed by atoms with Crippen molar-refractivity contribution in [2.75, 3.05) is 24.8 Å². The minimum Gasteiger partial charge on any atom is -0.382 e. The minimum atomic E-state index is -0.0556. The molecule has 0 aromatic carbocycles. The van der Waals surface area contributed by atoms with Gasteiger partial charge in [-0.25, -0.2) is 4.98 Å². The fourth-order valence-electron chi connectivity index (χ4n) is 2.05. The summed E-state index contributed by atoms with van der Waals surface area (Å²) in [5, 5.41) is 7.54. The highest BCUT2D eigenvalue weighted by Crippen LogP contribution is 2.22. The largest absolute Gasteiger partial charge is 0.382 e. The summed E-state index contributed by atoms with van der Waals surface area (Å²) in [5.41, 5.74) is 8.57. The van der Waals surface area contributed by atoms with E-state index < -0.39 is 0 Å². The molecular weight excluding hydrogens is 256 g/mol. The lowest BCUT2D eigenvalue weighted by atomic mass is 10.2. The third-order valence-corrected chi connectivity index (χ3v) is 3.27. The first kappa shape index (κ1) is 14.3. The fourth-order valence-corrected chi connectivity index (χ4v) is 2.05. The number of nitrogens with one attached hydrogen (secondary N) is 1. The molecule has 3 N–H and O–H groups in total. The fraction of sp³-hybridized carbons (Fsp3) is 0.462. The molecule has 0 bridgehead atoms. The van der Waals surface area contributed by atoms with Crippen molar-refractivity contribution in [3.05, 3.63) is 29.2 Å². The van der Waals surface area contributed by atoms with Gasteiger partial charge in [-0.15, -0.1) is 0 Å². The van der Waals surface area contributed by atoms with Gasteiger partial charge in [0, 0.05) is 31.6 Å². The summed E-state index contributed by atoms with van der Waals surface area (Å²) >= 11 is 0. The summed E-state index contributed by atoms with van der Waals surface area (Å²) in [6, 6.07) is 1.89. The van der Waals surface area contributed by atoms with Crippen molar-refractivity contribution in [3.63, 3.8) is 0 Å². The molecule has 7 nitrogen and oxygen atoms in total. The van der Waals surface area contributed by atoms with Gasteiger partial charge in [-0.05, 0) is 19.9 Å². The molecular formula is C13H20N6O. The van der Waals surface area contributed by atoms with Crippen LogP contribution in [-0.4, -0.2) is 33.5 Å². The number of hydrogen-bond donors (Lipinski definition) is 2. The van der Waals surface area contributed by atoms with Gasteiger partial charge in [-0.2, -0.15) is 10.1 Å². The van der Waals surface area contributed by atoms with Crippen molar-refractivity contribution in [1.82, 2.24) is 19.7 Å². The van der Waals surface area contributed by atoms with E-state index in [1.165, 1.54) is 0 Å². The smallest absolute Gasteiger partial charge is 0.222 e. The van der Waals surface area contributed by atoms with Gasteiger partial charge in [0.05, 0.1) is 18.3 Å². The number of nitrogen functional groups attached to an aromatic ring is 1. The molecule has 2 aromatic heterocycles. The molecule has 1 atom stereocenters.